The lowest BCUT2D eigenvalue weighted by Crippen LogP contribution is -2.31. The molecule has 2 atom stereocenters. The van der Waals surface area contributed by atoms with Gasteiger partial charge in [0.25, 0.3) is 0 Å². The van der Waals surface area contributed by atoms with E-state index in [2.05, 4.69) is 0 Å². The van der Waals surface area contributed by atoms with Gasteiger partial charge >= 0.3 is 5.97 Å². The smallest absolute Gasteiger partial charge is 0.309 e. The van der Waals surface area contributed by atoms with Crippen molar-refractivity contribution in [2.75, 3.05) is 0 Å². The number of carbonyl (C=O) groups excluding carboxylic acids is 1. The van der Waals surface area contributed by atoms with Crippen molar-refractivity contribution < 1.29 is 9.53 Å². The second kappa shape index (κ2) is 2.48. The number of esters is 1. The Morgan fingerprint density at radius 1 is 1.33 bits per heavy atom. The fourth-order valence-electron chi connectivity index (χ4n) is 2.66. The standard InChI is InChI=1S/C10H16O2/c1-10(2)8-6-4-3-5-7(8)9(11)12-10/h7-8H,3-6H2,1-2H3/t7-,8-/m0/s1. The molecule has 1 saturated heterocycles. The van der Waals surface area contributed by atoms with Crippen LogP contribution in [0.15, 0.2) is 0 Å². The van der Waals surface area contributed by atoms with Gasteiger partial charge in [0.05, 0.1) is 5.92 Å². The monoisotopic (exact) mass is 168 g/mol. The minimum Gasteiger partial charge on any atom is -0.459 e. The van der Waals surface area contributed by atoms with Gasteiger partial charge in [-0.2, -0.15) is 0 Å². The van der Waals surface area contributed by atoms with Gasteiger partial charge in [0, 0.05) is 5.92 Å². The SMILES string of the molecule is CC1(C)OC(=O)[C@H]2CCCC[C@@H]21. The summed E-state index contributed by atoms with van der Waals surface area (Å²) in [7, 11) is 0. The molecule has 2 rings (SSSR count). The minimum absolute atomic E-state index is 0.0460. The average Bonchev–Trinajstić information content (AvgIpc) is 2.25. The van der Waals surface area contributed by atoms with Gasteiger partial charge in [-0.3, -0.25) is 4.79 Å². The molecule has 0 bridgehead atoms. The third-order valence-corrected chi connectivity index (χ3v) is 3.33. The van der Waals surface area contributed by atoms with Gasteiger partial charge in [-0.25, -0.2) is 0 Å². The first kappa shape index (κ1) is 8.09. The quantitative estimate of drug-likeness (QED) is 0.518. The number of rotatable bonds is 0. The third-order valence-electron chi connectivity index (χ3n) is 3.33. The number of carbonyl (C=O) groups is 1. The zero-order valence-electron chi connectivity index (χ0n) is 7.80. The molecule has 68 valence electrons. The van der Waals surface area contributed by atoms with E-state index in [9.17, 15) is 4.79 Å². The van der Waals surface area contributed by atoms with Crippen molar-refractivity contribution in [1.82, 2.24) is 0 Å². The van der Waals surface area contributed by atoms with Crippen molar-refractivity contribution in [2.45, 2.75) is 45.1 Å². The van der Waals surface area contributed by atoms with Gasteiger partial charge in [0.1, 0.15) is 5.60 Å². The van der Waals surface area contributed by atoms with Crippen molar-refractivity contribution in [1.29, 1.82) is 0 Å². The Bertz CT molecular complexity index is 208. The number of hydrogen-bond donors (Lipinski definition) is 0. The molecule has 0 aromatic carbocycles. The third kappa shape index (κ3) is 1.05. The summed E-state index contributed by atoms with van der Waals surface area (Å²) in [6.45, 7) is 4.09. The molecule has 1 saturated carbocycles. The molecule has 1 aliphatic heterocycles. The highest BCUT2D eigenvalue weighted by Gasteiger charge is 2.50. The Kier molecular flexibility index (Phi) is 1.67. The molecule has 2 aliphatic rings. The molecule has 0 N–H and O–H groups in total. The van der Waals surface area contributed by atoms with Crippen LogP contribution in [0.5, 0.6) is 0 Å². The van der Waals surface area contributed by atoms with Crippen LogP contribution < -0.4 is 0 Å². The Labute approximate surface area is 73.3 Å². The molecule has 0 amide bonds. The van der Waals surface area contributed by atoms with Gasteiger partial charge in [0.2, 0.25) is 0 Å². The highest BCUT2D eigenvalue weighted by molar-refractivity contribution is 5.76. The van der Waals surface area contributed by atoms with Crippen molar-refractivity contribution in [3.05, 3.63) is 0 Å². The number of cyclic esters (lactones) is 1. The lowest BCUT2D eigenvalue weighted by molar-refractivity contribution is -0.148. The lowest BCUT2D eigenvalue weighted by Gasteiger charge is -2.29. The zero-order valence-corrected chi connectivity index (χ0v) is 7.80. The summed E-state index contributed by atoms with van der Waals surface area (Å²) in [6, 6.07) is 0. The molecule has 0 radical (unpaired) electrons. The second-order valence-electron chi connectivity index (χ2n) is 4.52. The summed E-state index contributed by atoms with van der Waals surface area (Å²) in [5, 5.41) is 0. The van der Waals surface area contributed by atoms with Crippen LogP contribution >= 0.6 is 0 Å². The predicted molar refractivity (Wildman–Crippen MR) is 45.6 cm³/mol. The highest BCUT2D eigenvalue weighted by atomic mass is 16.6. The van der Waals surface area contributed by atoms with E-state index in [4.69, 9.17) is 4.74 Å². The van der Waals surface area contributed by atoms with Crippen LogP contribution in [0.3, 0.4) is 0 Å². The van der Waals surface area contributed by atoms with Crippen LogP contribution in [0.4, 0.5) is 0 Å². The first-order valence-corrected chi connectivity index (χ1v) is 4.84. The van der Waals surface area contributed by atoms with E-state index in [1.54, 1.807) is 0 Å². The maximum absolute atomic E-state index is 11.4. The summed E-state index contributed by atoms with van der Waals surface area (Å²) in [5.74, 6) is 0.747. The van der Waals surface area contributed by atoms with Crippen LogP contribution in [-0.2, 0) is 9.53 Å². The molecule has 12 heavy (non-hydrogen) atoms. The lowest BCUT2D eigenvalue weighted by atomic mass is 9.74. The van der Waals surface area contributed by atoms with Gasteiger partial charge in [0.15, 0.2) is 0 Å². The van der Waals surface area contributed by atoms with Crippen molar-refractivity contribution in [3.63, 3.8) is 0 Å². The normalized spacial score (nSPS) is 39.0. The summed E-state index contributed by atoms with van der Waals surface area (Å²) < 4.78 is 5.36. The van der Waals surface area contributed by atoms with Crippen LogP contribution in [0.25, 0.3) is 0 Å². The predicted octanol–water partition coefficient (Wildman–Crippen LogP) is 2.13. The first-order chi connectivity index (χ1) is 5.61. The van der Waals surface area contributed by atoms with E-state index in [0.29, 0.717) is 5.92 Å². The van der Waals surface area contributed by atoms with Crippen molar-refractivity contribution in [3.8, 4) is 0 Å². The molecular weight excluding hydrogens is 152 g/mol. The van der Waals surface area contributed by atoms with E-state index in [1.807, 2.05) is 13.8 Å². The van der Waals surface area contributed by atoms with Gasteiger partial charge < -0.3 is 4.74 Å². The average molecular weight is 168 g/mol. The van der Waals surface area contributed by atoms with Crippen LogP contribution in [0.1, 0.15) is 39.5 Å². The molecule has 0 unspecified atom stereocenters. The molecule has 1 heterocycles. The Morgan fingerprint density at radius 3 is 2.67 bits per heavy atom. The van der Waals surface area contributed by atoms with E-state index in [0.717, 1.165) is 6.42 Å². The van der Waals surface area contributed by atoms with E-state index in [1.165, 1.54) is 19.3 Å². The summed E-state index contributed by atoms with van der Waals surface area (Å²) in [5.41, 5.74) is -0.192. The molecule has 0 aromatic rings. The molecule has 2 fully saturated rings. The Hall–Kier alpha value is -0.530. The van der Waals surface area contributed by atoms with E-state index >= 15 is 0 Å². The summed E-state index contributed by atoms with van der Waals surface area (Å²) >= 11 is 0. The number of hydrogen-bond acceptors (Lipinski definition) is 2. The van der Waals surface area contributed by atoms with Gasteiger partial charge in [-0.15, -0.1) is 0 Å². The van der Waals surface area contributed by atoms with Crippen LogP contribution in [0, 0.1) is 11.8 Å². The van der Waals surface area contributed by atoms with Gasteiger partial charge in [-0.1, -0.05) is 12.8 Å². The Balaban J connectivity index is 2.22. The van der Waals surface area contributed by atoms with Crippen LogP contribution in [0.2, 0.25) is 0 Å². The maximum atomic E-state index is 11.4. The number of fused-ring (bicyclic) bond motifs is 1. The number of ether oxygens (including phenoxy) is 1. The molecule has 2 nitrogen and oxygen atoms in total. The largest absolute Gasteiger partial charge is 0.459 e. The molecule has 1 aliphatic carbocycles. The zero-order chi connectivity index (χ0) is 8.77. The Morgan fingerprint density at radius 2 is 2.00 bits per heavy atom. The highest BCUT2D eigenvalue weighted by Crippen LogP contribution is 2.45. The van der Waals surface area contributed by atoms with E-state index in [-0.39, 0.29) is 17.5 Å². The van der Waals surface area contributed by atoms with E-state index < -0.39 is 0 Å². The van der Waals surface area contributed by atoms with Crippen molar-refractivity contribution in [2.24, 2.45) is 11.8 Å². The molecule has 0 aromatic heterocycles. The summed E-state index contributed by atoms with van der Waals surface area (Å²) in [4.78, 5) is 11.4. The first-order valence-electron chi connectivity index (χ1n) is 4.84. The molecular formula is C10H16O2. The fourth-order valence-corrected chi connectivity index (χ4v) is 2.66. The maximum Gasteiger partial charge on any atom is 0.309 e. The minimum atomic E-state index is -0.192. The molecule has 0 spiro atoms. The van der Waals surface area contributed by atoms with Gasteiger partial charge in [-0.05, 0) is 26.7 Å². The van der Waals surface area contributed by atoms with Crippen molar-refractivity contribution >= 4 is 5.97 Å². The van der Waals surface area contributed by atoms with Crippen LogP contribution in [-0.4, -0.2) is 11.6 Å². The molecule has 2 heteroatoms. The topological polar surface area (TPSA) is 26.3 Å². The summed E-state index contributed by atoms with van der Waals surface area (Å²) in [6.07, 6.45) is 4.68. The second-order valence-corrected chi connectivity index (χ2v) is 4.52. The fraction of sp³-hybridized carbons (Fsp3) is 0.900.